The van der Waals surface area contributed by atoms with E-state index < -0.39 is 17.1 Å². The lowest BCUT2D eigenvalue weighted by atomic mass is 9.49. The lowest BCUT2D eigenvalue weighted by Gasteiger charge is -2.62. The third-order valence-electron chi connectivity index (χ3n) is 7.56. The van der Waals surface area contributed by atoms with E-state index in [0.29, 0.717) is 18.6 Å². The average molecular weight is 341 g/mol. The van der Waals surface area contributed by atoms with Crippen LogP contribution in [-0.2, 0) is 16.6 Å². The van der Waals surface area contributed by atoms with Gasteiger partial charge in [0.05, 0.1) is 11.0 Å². The molecule has 0 aromatic heterocycles. The lowest BCUT2D eigenvalue weighted by molar-refractivity contribution is -0.188. The first-order valence-corrected chi connectivity index (χ1v) is 9.56. The molecule has 3 fully saturated rings. The van der Waals surface area contributed by atoms with Gasteiger partial charge in [-0.3, -0.25) is 9.69 Å². The first-order valence-electron chi connectivity index (χ1n) is 9.56. The molecule has 5 aliphatic rings. The SMILES string of the molecule is O=C1CCC2(O)C3Cc4ccc(O)c5c4[C@@]2(CCN3CC2CC2)C1O5. The van der Waals surface area contributed by atoms with E-state index in [4.69, 9.17) is 4.74 Å². The lowest BCUT2D eigenvalue weighted by Crippen LogP contribution is -2.76. The maximum absolute atomic E-state index is 12.7. The first-order chi connectivity index (χ1) is 12.0. The maximum atomic E-state index is 12.7. The Morgan fingerprint density at radius 3 is 2.92 bits per heavy atom. The normalized spacial score (nSPS) is 41.4. The Labute approximate surface area is 146 Å². The molecule has 2 saturated carbocycles. The van der Waals surface area contributed by atoms with Crippen LogP contribution in [0.15, 0.2) is 12.1 Å². The summed E-state index contributed by atoms with van der Waals surface area (Å²) in [6.07, 6.45) is 4.33. The van der Waals surface area contributed by atoms with Crippen molar-refractivity contribution in [3.63, 3.8) is 0 Å². The second-order valence-corrected chi connectivity index (χ2v) is 8.72. The van der Waals surface area contributed by atoms with Crippen LogP contribution in [0.25, 0.3) is 0 Å². The molecule has 5 heteroatoms. The molecule has 25 heavy (non-hydrogen) atoms. The Morgan fingerprint density at radius 2 is 2.12 bits per heavy atom. The van der Waals surface area contributed by atoms with Crippen LogP contribution >= 0.6 is 0 Å². The highest BCUT2D eigenvalue weighted by Crippen LogP contribution is 2.64. The van der Waals surface area contributed by atoms with Gasteiger partial charge in [0.1, 0.15) is 0 Å². The van der Waals surface area contributed by atoms with Crippen molar-refractivity contribution in [2.24, 2.45) is 5.92 Å². The van der Waals surface area contributed by atoms with Gasteiger partial charge in [-0.05, 0) is 56.2 Å². The number of piperidine rings is 1. The van der Waals surface area contributed by atoms with Crippen molar-refractivity contribution in [1.82, 2.24) is 4.90 Å². The number of rotatable bonds is 2. The number of ether oxygens (including phenoxy) is 1. The summed E-state index contributed by atoms with van der Waals surface area (Å²) in [6, 6.07) is 3.69. The standard InChI is InChI=1S/C20H23NO4/c22-13-4-3-12-9-15-20(24)6-5-14(23)18-19(20,16(12)17(13)25-18)7-8-21(15)10-11-1-2-11/h3-4,11,15,18,22,24H,1-2,5-10H2/t15?,18?,19-,20?/m0/s1. The summed E-state index contributed by atoms with van der Waals surface area (Å²) in [5.74, 6) is 1.39. The van der Waals surface area contributed by atoms with Crippen LogP contribution in [0, 0.1) is 5.92 Å². The minimum atomic E-state index is -0.940. The van der Waals surface area contributed by atoms with Crippen molar-refractivity contribution in [1.29, 1.82) is 0 Å². The second kappa shape index (κ2) is 4.38. The Bertz CT molecular complexity index is 803. The van der Waals surface area contributed by atoms with Crippen molar-refractivity contribution in [3.05, 3.63) is 23.3 Å². The van der Waals surface area contributed by atoms with Gasteiger partial charge < -0.3 is 14.9 Å². The van der Waals surface area contributed by atoms with Crippen LogP contribution in [0.1, 0.15) is 43.2 Å². The number of aliphatic hydroxyl groups is 1. The van der Waals surface area contributed by atoms with E-state index in [2.05, 4.69) is 4.90 Å². The van der Waals surface area contributed by atoms with Gasteiger partial charge in [-0.25, -0.2) is 0 Å². The molecule has 1 aromatic carbocycles. The van der Waals surface area contributed by atoms with E-state index in [9.17, 15) is 15.0 Å². The van der Waals surface area contributed by atoms with Crippen LogP contribution in [0.3, 0.4) is 0 Å². The van der Waals surface area contributed by atoms with Crippen LogP contribution < -0.4 is 4.74 Å². The Kier molecular flexibility index (Phi) is 2.55. The molecule has 2 bridgehead atoms. The number of aromatic hydroxyl groups is 1. The number of carbonyl (C=O) groups excluding carboxylic acids is 1. The van der Waals surface area contributed by atoms with Gasteiger partial charge >= 0.3 is 0 Å². The number of likely N-dealkylation sites (tertiary alicyclic amines) is 1. The summed E-state index contributed by atoms with van der Waals surface area (Å²) >= 11 is 0. The average Bonchev–Trinajstić information content (AvgIpc) is 3.32. The summed E-state index contributed by atoms with van der Waals surface area (Å²) in [5.41, 5.74) is 0.454. The van der Waals surface area contributed by atoms with Crippen molar-refractivity contribution >= 4 is 5.78 Å². The van der Waals surface area contributed by atoms with Crippen LogP contribution in [0.5, 0.6) is 11.5 Å². The molecule has 2 N–H and O–H groups in total. The number of hydrogen-bond acceptors (Lipinski definition) is 5. The summed E-state index contributed by atoms with van der Waals surface area (Å²) in [6.45, 7) is 1.95. The van der Waals surface area contributed by atoms with Gasteiger partial charge in [0.25, 0.3) is 0 Å². The van der Waals surface area contributed by atoms with Crippen molar-refractivity contribution in [2.45, 2.75) is 61.7 Å². The molecule has 5 nitrogen and oxygen atoms in total. The van der Waals surface area contributed by atoms with E-state index in [0.717, 1.165) is 43.0 Å². The number of phenols is 1. The van der Waals surface area contributed by atoms with Gasteiger partial charge in [-0.15, -0.1) is 0 Å². The summed E-state index contributed by atoms with van der Waals surface area (Å²) < 4.78 is 6.04. The summed E-state index contributed by atoms with van der Waals surface area (Å²) in [4.78, 5) is 15.2. The van der Waals surface area contributed by atoms with Crippen LogP contribution in [0.2, 0.25) is 0 Å². The number of carbonyl (C=O) groups is 1. The minimum Gasteiger partial charge on any atom is -0.504 e. The number of phenolic OH excluding ortho intramolecular Hbond substituents is 1. The molecule has 4 atom stereocenters. The molecule has 2 aliphatic heterocycles. The number of ketones is 1. The Hall–Kier alpha value is -1.59. The predicted octanol–water partition coefficient (Wildman–Crippen LogP) is 1.53. The quantitative estimate of drug-likeness (QED) is 0.854. The molecular weight excluding hydrogens is 318 g/mol. The molecule has 2 heterocycles. The minimum absolute atomic E-state index is 0.0454. The zero-order valence-electron chi connectivity index (χ0n) is 14.2. The summed E-state index contributed by atoms with van der Waals surface area (Å²) in [5, 5.41) is 22.3. The number of Topliss-reactive ketones (excluding diaryl/α,β-unsaturated/α-hetero) is 1. The van der Waals surface area contributed by atoms with E-state index in [1.807, 2.05) is 6.07 Å². The molecule has 1 aromatic rings. The van der Waals surface area contributed by atoms with Gasteiger partial charge in [0, 0.05) is 24.6 Å². The molecule has 1 saturated heterocycles. The first kappa shape index (κ1) is 14.6. The Balaban J connectivity index is 1.58. The maximum Gasteiger partial charge on any atom is 0.174 e. The molecular formula is C20H23NO4. The van der Waals surface area contributed by atoms with Gasteiger partial charge in [0.15, 0.2) is 23.4 Å². The highest BCUT2D eigenvalue weighted by Gasteiger charge is 2.73. The molecule has 6 rings (SSSR count). The molecule has 3 aliphatic carbocycles. The zero-order chi connectivity index (χ0) is 17.0. The fraction of sp³-hybridized carbons (Fsp3) is 0.650. The van der Waals surface area contributed by atoms with E-state index in [1.165, 1.54) is 12.8 Å². The van der Waals surface area contributed by atoms with E-state index >= 15 is 0 Å². The summed E-state index contributed by atoms with van der Waals surface area (Å²) in [7, 11) is 0. The fourth-order valence-electron chi connectivity index (χ4n) is 6.26. The van der Waals surface area contributed by atoms with Crippen LogP contribution in [0.4, 0.5) is 0 Å². The Morgan fingerprint density at radius 1 is 1.28 bits per heavy atom. The highest BCUT2D eigenvalue weighted by molar-refractivity contribution is 5.90. The molecule has 0 radical (unpaired) electrons. The third-order valence-corrected chi connectivity index (χ3v) is 7.56. The van der Waals surface area contributed by atoms with E-state index in [1.54, 1.807) is 6.07 Å². The smallest absolute Gasteiger partial charge is 0.174 e. The van der Waals surface area contributed by atoms with Gasteiger partial charge in [-0.1, -0.05) is 6.07 Å². The van der Waals surface area contributed by atoms with E-state index in [-0.39, 0.29) is 17.6 Å². The van der Waals surface area contributed by atoms with Crippen LogP contribution in [-0.4, -0.2) is 51.7 Å². The zero-order valence-corrected chi connectivity index (χ0v) is 14.2. The predicted molar refractivity (Wildman–Crippen MR) is 89.8 cm³/mol. The molecule has 132 valence electrons. The molecule has 1 spiro atoms. The third kappa shape index (κ3) is 1.56. The van der Waals surface area contributed by atoms with Gasteiger partial charge in [0.2, 0.25) is 0 Å². The second-order valence-electron chi connectivity index (χ2n) is 8.72. The van der Waals surface area contributed by atoms with Gasteiger partial charge in [-0.2, -0.15) is 0 Å². The number of nitrogens with zero attached hydrogens (tertiary/aromatic N) is 1. The van der Waals surface area contributed by atoms with Crippen molar-refractivity contribution in [2.75, 3.05) is 13.1 Å². The van der Waals surface area contributed by atoms with Crippen molar-refractivity contribution in [3.8, 4) is 11.5 Å². The van der Waals surface area contributed by atoms with Crippen molar-refractivity contribution < 1.29 is 19.7 Å². The topological polar surface area (TPSA) is 70.0 Å². The largest absolute Gasteiger partial charge is 0.504 e. The number of hydrogen-bond donors (Lipinski definition) is 2. The fourth-order valence-corrected chi connectivity index (χ4v) is 6.26. The molecule has 3 unspecified atom stereocenters. The monoisotopic (exact) mass is 341 g/mol. The molecule has 0 amide bonds. The number of benzene rings is 1. The highest BCUT2D eigenvalue weighted by atomic mass is 16.5.